The van der Waals surface area contributed by atoms with Crippen LogP contribution >= 0.6 is 0 Å². The molecule has 4 heteroatoms. The number of benzene rings is 3. The maximum atomic E-state index is 5.43. The van der Waals surface area contributed by atoms with Crippen LogP contribution in [0.1, 0.15) is 64.1 Å². The molecule has 0 saturated heterocycles. The molecule has 4 nitrogen and oxygen atoms in total. The summed E-state index contributed by atoms with van der Waals surface area (Å²) in [4.78, 5) is 18.3. The van der Waals surface area contributed by atoms with Gasteiger partial charge in [-0.1, -0.05) is 78.0 Å². The highest BCUT2D eigenvalue weighted by atomic mass is 14.8. The van der Waals surface area contributed by atoms with Gasteiger partial charge in [-0.3, -0.25) is 0 Å². The number of nitrogens with zero attached hydrogens (tertiary/aromatic N) is 2. The third kappa shape index (κ3) is 3.68. The minimum absolute atomic E-state index is 0.0298. The maximum Gasteiger partial charge on any atom is 0.0951 e. The number of nitrogens with one attached hydrogen (secondary N) is 2. The molecule has 3 aromatic carbocycles. The Hall–Kier alpha value is -4.70. The lowest BCUT2D eigenvalue weighted by Crippen LogP contribution is -2.16. The summed E-state index contributed by atoms with van der Waals surface area (Å²) < 4.78 is 0. The lowest BCUT2D eigenvalue weighted by atomic mass is 9.84. The number of H-pyrrole nitrogens is 2. The summed E-state index contributed by atoms with van der Waals surface area (Å²) in [7, 11) is 0. The van der Waals surface area contributed by atoms with E-state index in [-0.39, 0.29) is 10.8 Å². The van der Waals surface area contributed by atoms with Crippen LogP contribution in [0, 0.1) is 0 Å². The number of hydrogen-bond donors (Lipinski definition) is 2. The number of fused-ring (bicyclic) bond motifs is 14. The van der Waals surface area contributed by atoms with Gasteiger partial charge in [0.05, 0.1) is 33.5 Å². The van der Waals surface area contributed by atoms with E-state index in [0.29, 0.717) is 0 Å². The minimum atomic E-state index is -0.0298. The van der Waals surface area contributed by atoms with Crippen molar-refractivity contribution in [3.05, 3.63) is 99.3 Å². The zero-order valence-electron chi connectivity index (χ0n) is 25.0. The van der Waals surface area contributed by atoms with E-state index in [1.54, 1.807) is 0 Å². The normalized spacial score (nSPS) is 14.3. The standard InChI is InChI=1S/C38H34N4/c1-37(2,3)21-17-25-26-18-22(38(4,5)6)20-28-30-14-10-16-32(40-30)36-24-12-8-7-11-23(24)35(42-36)31-15-9-13-29(39-31)27(19-21)33(25)41-34(26)28/h7-20,39-40H,1-6H3. The van der Waals surface area contributed by atoms with Crippen molar-refractivity contribution < 1.29 is 0 Å². The average molecular weight is 547 g/mol. The molecule has 8 rings (SSSR count). The van der Waals surface area contributed by atoms with E-state index in [0.717, 1.165) is 66.4 Å². The second kappa shape index (κ2) is 8.42. The van der Waals surface area contributed by atoms with Crippen LogP contribution in [-0.4, -0.2) is 15.0 Å². The summed E-state index contributed by atoms with van der Waals surface area (Å²) in [5.74, 6) is 0. The van der Waals surface area contributed by atoms with Crippen molar-refractivity contribution in [2.45, 2.75) is 52.4 Å². The Morgan fingerprint density at radius 2 is 1.17 bits per heavy atom. The first-order valence-electron chi connectivity index (χ1n) is 14.8. The predicted molar refractivity (Wildman–Crippen MR) is 177 cm³/mol. The van der Waals surface area contributed by atoms with Crippen LogP contribution in [-0.2, 0) is 10.8 Å². The van der Waals surface area contributed by atoms with E-state index in [2.05, 4.69) is 136 Å². The quantitative estimate of drug-likeness (QED) is 0.202. The SMILES string of the molecule is CC(C)(C)c1cc2c3c(c1)c1cc(C(C)(C)C)cc(c4[nH]c(c5nc(c6[nH]c2=CC=C6)-c2ccccc2-5)=CC=C4)c1=N3. The Labute approximate surface area is 245 Å². The van der Waals surface area contributed by atoms with E-state index in [1.807, 2.05) is 0 Å². The van der Waals surface area contributed by atoms with Crippen LogP contribution in [0.25, 0.3) is 68.4 Å². The van der Waals surface area contributed by atoms with Gasteiger partial charge in [0.1, 0.15) is 0 Å². The van der Waals surface area contributed by atoms with Crippen LogP contribution in [0.3, 0.4) is 0 Å². The molecular weight excluding hydrogens is 512 g/mol. The topological polar surface area (TPSA) is 56.8 Å². The first kappa shape index (κ1) is 25.0. The fourth-order valence-corrected chi connectivity index (χ4v) is 6.38. The summed E-state index contributed by atoms with van der Waals surface area (Å²) in [5, 5.41) is 7.68. The van der Waals surface area contributed by atoms with Gasteiger partial charge in [0.2, 0.25) is 0 Å². The van der Waals surface area contributed by atoms with E-state index in [1.165, 1.54) is 21.9 Å². The Bertz CT molecular complexity index is 2310. The van der Waals surface area contributed by atoms with Crippen LogP contribution in [0.4, 0.5) is 5.69 Å². The molecule has 5 heterocycles. The molecular formula is C38H34N4. The summed E-state index contributed by atoms with van der Waals surface area (Å²) in [6.45, 7) is 13.7. The monoisotopic (exact) mass is 546 g/mol. The van der Waals surface area contributed by atoms with Crippen molar-refractivity contribution in [3.63, 3.8) is 0 Å². The highest BCUT2D eigenvalue weighted by Gasteiger charge is 2.24. The largest absolute Gasteiger partial charge is 0.353 e. The summed E-state index contributed by atoms with van der Waals surface area (Å²) in [5.41, 5.74) is 9.75. The molecule has 0 spiro atoms. The van der Waals surface area contributed by atoms with Gasteiger partial charge in [0.25, 0.3) is 0 Å². The lowest BCUT2D eigenvalue weighted by molar-refractivity contribution is 0.591. The molecule has 0 fully saturated rings. The van der Waals surface area contributed by atoms with Gasteiger partial charge in [-0.05, 0) is 70.5 Å². The maximum absolute atomic E-state index is 5.43. The van der Waals surface area contributed by atoms with Crippen molar-refractivity contribution >= 4 is 51.5 Å². The number of aromatic nitrogens is 3. The molecule has 0 unspecified atom stereocenters. The zero-order valence-corrected chi connectivity index (χ0v) is 25.0. The van der Waals surface area contributed by atoms with Gasteiger partial charge in [-0.2, -0.15) is 0 Å². The fourth-order valence-electron chi connectivity index (χ4n) is 6.38. The van der Waals surface area contributed by atoms with Crippen molar-refractivity contribution in [1.29, 1.82) is 0 Å². The molecule has 0 amide bonds. The second-order valence-electron chi connectivity index (χ2n) is 13.8. The van der Waals surface area contributed by atoms with Gasteiger partial charge in [0.15, 0.2) is 0 Å². The van der Waals surface area contributed by atoms with Crippen molar-refractivity contribution in [3.8, 4) is 22.5 Å². The highest BCUT2D eigenvalue weighted by Crippen LogP contribution is 2.39. The Kier molecular flexibility index (Phi) is 5.02. The van der Waals surface area contributed by atoms with Gasteiger partial charge in [-0.15, -0.1) is 0 Å². The van der Waals surface area contributed by atoms with E-state index in [4.69, 9.17) is 9.98 Å². The van der Waals surface area contributed by atoms with E-state index < -0.39 is 0 Å². The van der Waals surface area contributed by atoms with Crippen molar-refractivity contribution in [2.24, 2.45) is 4.99 Å². The number of aromatic amines is 2. The molecule has 0 aromatic heterocycles. The first-order valence-corrected chi connectivity index (χ1v) is 14.8. The van der Waals surface area contributed by atoms with Crippen LogP contribution in [0.5, 0.6) is 0 Å². The molecule has 0 saturated carbocycles. The molecule has 206 valence electrons. The molecule has 42 heavy (non-hydrogen) atoms. The van der Waals surface area contributed by atoms with Gasteiger partial charge in [-0.25, -0.2) is 9.98 Å². The van der Waals surface area contributed by atoms with Crippen LogP contribution < -0.4 is 16.1 Å². The number of rotatable bonds is 0. The fraction of sp³-hybridized carbons (Fsp3) is 0.211. The minimum Gasteiger partial charge on any atom is -0.353 e. The third-order valence-electron chi connectivity index (χ3n) is 8.81. The number of allylic oxidation sites excluding steroid dienone is 2. The van der Waals surface area contributed by atoms with E-state index >= 15 is 0 Å². The van der Waals surface area contributed by atoms with Crippen LogP contribution in [0.15, 0.2) is 65.7 Å². The van der Waals surface area contributed by atoms with Gasteiger partial charge in [0, 0.05) is 43.7 Å². The van der Waals surface area contributed by atoms with Crippen molar-refractivity contribution in [1.82, 2.24) is 15.0 Å². The Morgan fingerprint density at radius 1 is 0.595 bits per heavy atom. The Balaban J connectivity index is 1.69. The zero-order chi connectivity index (χ0) is 29.0. The van der Waals surface area contributed by atoms with Crippen LogP contribution in [0.2, 0.25) is 0 Å². The lowest BCUT2D eigenvalue weighted by Gasteiger charge is -2.21. The molecule has 0 radical (unpaired) electrons. The molecule has 5 aliphatic heterocycles. The Morgan fingerprint density at radius 3 is 1.88 bits per heavy atom. The summed E-state index contributed by atoms with van der Waals surface area (Å²) >= 11 is 0. The van der Waals surface area contributed by atoms with Gasteiger partial charge < -0.3 is 9.97 Å². The van der Waals surface area contributed by atoms with Gasteiger partial charge >= 0.3 is 0 Å². The highest BCUT2D eigenvalue weighted by molar-refractivity contribution is 6.05. The number of hydrogen-bond acceptors (Lipinski definition) is 2. The summed E-state index contributed by atoms with van der Waals surface area (Å²) in [6.07, 6.45) is 12.8. The average Bonchev–Trinajstić information content (AvgIpc) is 3.54. The molecule has 3 aromatic rings. The molecule has 0 atom stereocenters. The smallest absolute Gasteiger partial charge is 0.0951 e. The molecule has 0 aliphatic carbocycles. The van der Waals surface area contributed by atoms with Crippen molar-refractivity contribution in [2.75, 3.05) is 0 Å². The third-order valence-corrected chi connectivity index (χ3v) is 8.81. The summed E-state index contributed by atoms with van der Waals surface area (Å²) in [6, 6.07) is 17.9. The predicted octanol–water partition coefficient (Wildman–Crippen LogP) is 7.70. The molecule has 5 aliphatic rings. The second-order valence-corrected chi connectivity index (χ2v) is 13.8. The molecule has 8 bridgehead atoms. The first-order chi connectivity index (χ1) is 20.1. The van der Waals surface area contributed by atoms with E-state index in [9.17, 15) is 0 Å². The molecule has 2 N–H and O–H groups in total.